The van der Waals surface area contributed by atoms with Crippen molar-refractivity contribution in [1.82, 2.24) is 9.97 Å². The zero-order valence-corrected chi connectivity index (χ0v) is 12.3. The normalized spacial score (nSPS) is 10.6. The van der Waals surface area contributed by atoms with Crippen molar-refractivity contribution in [2.75, 3.05) is 11.9 Å². The number of carboxylic acid groups (broad SMARTS) is 1. The van der Waals surface area contributed by atoms with Gasteiger partial charge >= 0.3 is 0 Å². The van der Waals surface area contributed by atoms with Crippen molar-refractivity contribution in [3.8, 4) is 0 Å². The van der Waals surface area contributed by atoms with Crippen molar-refractivity contribution in [1.29, 1.82) is 0 Å². The molecule has 2 rings (SSSR count). The van der Waals surface area contributed by atoms with Gasteiger partial charge in [0.15, 0.2) is 0 Å². The third-order valence-electron chi connectivity index (χ3n) is 2.28. The molecule has 0 saturated carbocycles. The standard InChI is InChI=1S/C11H9Br2N3O2/c12-6-3-7-10(8(13)4-6)15-5-16-11(7)14-2-1-9(17)18/h3-5H,1-2H2,(H,17,18)(H,14,15,16)/p-1. The summed E-state index contributed by atoms with van der Waals surface area (Å²) in [4.78, 5) is 18.6. The Morgan fingerprint density at radius 3 is 2.83 bits per heavy atom. The van der Waals surface area contributed by atoms with Crippen LogP contribution in [-0.2, 0) is 4.79 Å². The van der Waals surface area contributed by atoms with Crippen LogP contribution in [0.4, 0.5) is 5.82 Å². The van der Waals surface area contributed by atoms with Gasteiger partial charge < -0.3 is 15.2 Å². The Bertz CT molecular complexity index is 604. The Morgan fingerprint density at radius 1 is 1.33 bits per heavy atom. The zero-order valence-electron chi connectivity index (χ0n) is 9.11. The van der Waals surface area contributed by atoms with E-state index in [2.05, 4.69) is 47.1 Å². The van der Waals surface area contributed by atoms with Crippen LogP contribution in [0.3, 0.4) is 0 Å². The Labute approximate surface area is 120 Å². The molecular weight excluding hydrogens is 366 g/mol. The average molecular weight is 374 g/mol. The first-order valence-electron chi connectivity index (χ1n) is 5.11. The maximum absolute atomic E-state index is 10.4. The zero-order chi connectivity index (χ0) is 13.1. The number of rotatable bonds is 4. The van der Waals surface area contributed by atoms with Gasteiger partial charge in [0.25, 0.3) is 0 Å². The number of hydrogen-bond acceptors (Lipinski definition) is 5. The molecule has 0 bridgehead atoms. The van der Waals surface area contributed by atoms with Crippen LogP contribution in [-0.4, -0.2) is 22.5 Å². The number of benzene rings is 1. The summed E-state index contributed by atoms with van der Waals surface area (Å²) < 4.78 is 1.73. The summed E-state index contributed by atoms with van der Waals surface area (Å²) in [6, 6.07) is 3.77. The predicted octanol–water partition coefficient (Wildman–Crippen LogP) is 1.71. The third-order valence-corrected chi connectivity index (χ3v) is 3.34. The molecule has 0 amide bonds. The molecule has 1 heterocycles. The van der Waals surface area contributed by atoms with Crippen LogP contribution < -0.4 is 10.4 Å². The van der Waals surface area contributed by atoms with Gasteiger partial charge in [-0.2, -0.15) is 0 Å². The van der Waals surface area contributed by atoms with Crippen molar-refractivity contribution in [2.24, 2.45) is 0 Å². The van der Waals surface area contributed by atoms with Crippen LogP contribution in [0, 0.1) is 0 Å². The van der Waals surface area contributed by atoms with Crippen molar-refractivity contribution in [3.63, 3.8) is 0 Å². The first-order chi connectivity index (χ1) is 8.58. The minimum Gasteiger partial charge on any atom is -0.550 e. The summed E-state index contributed by atoms with van der Waals surface area (Å²) in [7, 11) is 0. The highest BCUT2D eigenvalue weighted by Crippen LogP contribution is 2.30. The van der Waals surface area contributed by atoms with E-state index in [4.69, 9.17) is 0 Å². The molecule has 94 valence electrons. The van der Waals surface area contributed by atoms with Crippen molar-refractivity contribution in [3.05, 3.63) is 27.4 Å². The molecule has 0 aliphatic carbocycles. The van der Waals surface area contributed by atoms with Gasteiger partial charge in [0.1, 0.15) is 12.1 Å². The first-order valence-corrected chi connectivity index (χ1v) is 6.70. The molecule has 18 heavy (non-hydrogen) atoms. The second-order valence-corrected chi connectivity index (χ2v) is 5.32. The van der Waals surface area contributed by atoms with E-state index in [1.807, 2.05) is 12.1 Å². The van der Waals surface area contributed by atoms with Gasteiger partial charge in [-0.1, -0.05) is 15.9 Å². The van der Waals surface area contributed by atoms with Crippen LogP contribution in [0.15, 0.2) is 27.4 Å². The third kappa shape index (κ3) is 2.97. The Hall–Kier alpha value is -1.21. The molecule has 5 nitrogen and oxygen atoms in total. The maximum Gasteiger partial charge on any atom is 0.137 e. The molecule has 0 spiro atoms. The van der Waals surface area contributed by atoms with Crippen molar-refractivity contribution < 1.29 is 9.90 Å². The van der Waals surface area contributed by atoms with Gasteiger partial charge in [0.05, 0.1) is 5.52 Å². The van der Waals surface area contributed by atoms with E-state index in [0.29, 0.717) is 5.82 Å². The number of nitrogens with zero attached hydrogens (tertiary/aromatic N) is 2. The number of aromatic nitrogens is 2. The highest BCUT2D eigenvalue weighted by molar-refractivity contribution is 9.11. The summed E-state index contributed by atoms with van der Waals surface area (Å²) >= 11 is 6.81. The Kier molecular flexibility index (Phi) is 4.13. The summed E-state index contributed by atoms with van der Waals surface area (Å²) in [5.74, 6) is -0.494. The van der Waals surface area contributed by atoms with E-state index in [9.17, 15) is 9.90 Å². The molecule has 0 saturated heterocycles. The van der Waals surface area contributed by atoms with Crippen molar-refractivity contribution >= 4 is 54.5 Å². The maximum atomic E-state index is 10.4. The molecule has 0 aliphatic rings. The largest absolute Gasteiger partial charge is 0.550 e. The molecule has 0 atom stereocenters. The first kappa shape index (κ1) is 13.2. The summed E-state index contributed by atoms with van der Waals surface area (Å²) in [6.07, 6.45) is 1.36. The fraction of sp³-hybridized carbons (Fsp3) is 0.182. The van der Waals surface area contributed by atoms with Crippen LogP contribution in [0.5, 0.6) is 0 Å². The minimum absolute atomic E-state index is 0.0688. The number of carboxylic acids is 1. The number of carbonyl (C=O) groups is 1. The Balaban J connectivity index is 2.35. The number of carbonyl (C=O) groups excluding carboxylic acids is 1. The summed E-state index contributed by atoms with van der Waals surface area (Å²) in [5, 5.41) is 14.1. The van der Waals surface area contributed by atoms with E-state index in [0.717, 1.165) is 19.8 Å². The van der Waals surface area contributed by atoms with E-state index >= 15 is 0 Å². The monoisotopic (exact) mass is 372 g/mol. The topological polar surface area (TPSA) is 77.9 Å². The number of halogens is 2. The SMILES string of the molecule is O=C([O-])CCNc1ncnc2c(Br)cc(Br)cc12. The molecule has 1 aromatic heterocycles. The van der Waals surface area contributed by atoms with Gasteiger partial charge in [0, 0.05) is 33.3 Å². The molecule has 2 aromatic rings. The molecule has 1 N–H and O–H groups in total. The minimum atomic E-state index is -1.09. The van der Waals surface area contributed by atoms with Crippen LogP contribution in [0.1, 0.15) is 6.42 Å². The van der Waals surface area contributed by atoms with E-state index in [1.165, 1.54) is 6.33 Å². The lowest BCUT2D eigenvalue weighted by molar-refractivity contribution is -0.305. The lowest BCUT2D eigenvalue weighted by Crippen LogP contribution is -2.24. The predicted molar refractivity (Wildman–Crippen MR) is 73.1 cm³/mol. The van der Waals surface area contributed by atoms with E-state index in [-0.39, 0.29) is 13.0 Å². The molecule has 0 aliphatic heterocycles. The second-order valence-electron chi connectivity index (χ2n) is 3.55. The molecule has 7 heteroatoms. The van der Waals surface area contributed by atoms with Crippen LogP contribution in [0.25, 0.3) is 10.9 Å². The highest BCUT2D eigenvalue weighted by Gasteiger charge is 2.07. The van der Waals surface area contributed by atoms with E-state index < -0.39 is 5.97 Å². The fourth-order valence-corrected chi connectivity index (χ4v) is 2.84. The molecule has 0 fully saturated rings. The van der Waals surface area contributed by atoms with Crippen LogP contribution in [0.2, 0.25) is 0 Å². The molecule has 1 aromatic carbocycles. The van der Waals surface area contributed by atoms with Gasteiger partial charge in [-0.05, 0) is 28.1 Å². The molecule has 0 radical (unpaired) electrons. The number of fused-ring (bicyclic) bond motifs is 1. The Morgan fingerprint density at radius 2 is 2.11 bits per heavy atom. The van der Waals surface area contributed by atoms with Gasteiger partial charge in [-0.3, -0.25) is 0 Å². The number of nitrogens with one attached hydrogen (secondary N) is 1. The highest BCUT2D eigenvalue weighted by atomic mass is 79.9. The number of hydrogen-bond donors (Lipinski definition) is 1. The fourth-order valence-electron chi connectivity index (χ4n) is 1.52. The number of anilines is 1. The molecule has 0 unspecified atom stereocenters. The number of aliphatic carboxylic acids is 1. The van der Waals surface area contributed by atoms with E-state index in [1.54, 1.807) is 0 Å². The van der Waals surface area contributed by atoms with Crippen molar-refractivity contribution in [2.45, 2.75) is 6.42 Å². The van der Waals surface area contributed by atoms with Gasteiger partial charge in [-0.25, -0.2) is 9.97 Å². The smallest absolute Gasteiger partial charge is 0.137 e. The van der Waals surface area contributed by atoms with Crippen LogP contribution >= 0.6 is 31.9 Å². The van der Waals surface area contributed by atoms with Gasteiger partial charge in [-0.15, -0.1) is 0 Å². The molecular formula is C11H8Br2N3O2-. The lowest BCUT2D eigenvalue weighted by atomic mass is 10.2. The quantitative estimate of drug-likeness (QED) is 0.882. The lowest BCUT2D eigenvalue weighted by Gasteiger charge is -2.09. The van der Waals surface area contributed by atoms with Gasteiger partial charge in [0.2, 0.25) is 0 Å². The second kappa shape index (κ2) is 5.62. The summed E-state index contributed by atoms with van der Waals surface area (Å²) in [5.41, 5.74) is 0.768. The summed E-state index contributed by atoms with van der Waals surface area (Å²) in [6.45, 7) is 0.262. The average Bonchev–Trinajstić information content (AvgIpc) is 2.29.